The summed E-state index contributed by atoms with van der Waals surface area (Å²) in [5.41, 5.74) is 0. The van der Waals surface area contributed by atoms with Crippen LogP contribution in [0.15, 0.2) is 48.6 Å². The molecule has 0 spiro atoms. The Bertz CT molecular complexity index is 1060. The van der Waals surface area contributed by atoms with Crippen LogP contribution in [-0.2, 0) is 28.6 Å². The van der Waals surface area contributed by atoms with E-state index in [1.165, 1.54) is 89.9 Å². The van der Waals surface area contributed by atoms with Gasteiger partial charge in [0.1, 0.15) is 6.61 Å². The molecular formula is C48H86NO7+. The van der Waals surface area contributed by atoms with Crippen LogP contribution in [0, 0.1) is 0 Å². The van der Waals surface area contributed by atoms with E-state index in [1.807, 2.05) is 27.2 Å². The monoisotopic (exact) mass is 789 g/mol. The Labute approximate surface area is 344 Å². The molecule has 8 heteroatoms. The summed E-state index contributed by atoms with van der Waals surface area (Å²) in [5, 5.41) is 9.62. The van der Waals surface area contributed by atoms with Gasteiger partial charge in [-0.1, -0.05) is 159 Å². The fourth-order valence-electron chi connectivity index (χ4n) is 6.50. The first kappa shape index (κ1) is 53.3. The molecule has 0 saturated carbocycles. The van der Waals surface area contributed by atoms with E-state index in [-0.39, 0.29) is 36.2 Å². The molecule has 0 aromatic heterocycles. The lowest BCUT2D eigenvalue weighted by molar-refractivity contribution is -0.887. The van der Waals surface area contributed by atoms with Crippen molar-refractivity contribution in [1.82, 2.24) is 0 Å². The second-order valence-corrected chi connectivity index (χ2v) is 16.3. The number of quaternary nitrogens is 1. The van der Waals surface area contributed by atoms with Gasteiger partial charge in [0.15, 0.2) is 12.1 Å². The number of aliphatic carboxylic acids is 1. The van der Waals surface area contributed by atoms with Gasteiger partial charge in [-0.2, -0.15) is 0 Å². The Morgan fingerprint density at radius 1 is 0.554 bits per heavy atom. The van der Waals surface area contributed by atoms with Gasteiger partial charge >= 0.3 is 17.9 Å². The molecule has 0 aromatic rings. The molecule has 0 heterocycles. The standard InChI is InChI=1S/C48H85NO7/c1-6-8-10-12-14-16-18-20-21-22-23-24-25-27-29-31-33-35-37-39-47(51)56-44(42-54-41-40-45(48(52)53)49(3,4)5)43-55-46(50)38-36-34-32-30-28-26-19-17-15-13-11-9-7-2/h9,11,13,15,17,19,22-23,44-45H,6-8,10,12,14,16,18,20-21,24-43H2,1-5H3/p+1/b11-9+,15-13+,19-17+,23-22+. The smallest absolute Gasteiger partial charge is 0.362 e. The summed E-state index contributed by atoms with van der Waals surface area (Å²) < 4.78 is 17.3. The summed E-state index contributed by atoms with van der Waals surface area (Å²) in [6.07, 6.45) is 45.8. The van der Waals surface area contributed by atoms with Crippen molar-refractivity contribution in [2.75, 3.05) is 41.0 Å². The maximum Gasteiger partial charge on any atom is 0.362 e. The van der Waals surface area contributed by atoms with Crippen LogP contribution in [0.5, 0.6) is 0 Å². The SMILES string of the molecule is CC/C=C/C=C/C=C/CCCCCCCC(=O)OCC(COCCC(C(=O)O)[N+](C)(C)C)OC(=O)CCCCCCCCC/C=C/CCCCCCCCCC. The zero-order chi connectivity index (χ0) is 41.4. The van der Waals surface area contributed by atoms with Crippen LogP contribution in [0.25, 0.3) is 0 Å². The Balaban J connectivity index is 4.33. The molecule has 0 aliphatic heterocycles. The Morgan fingerprint density at radius 2 is 1.02 bits per heavy atom. The molecule has 0 rings (SSSR count). The van der Waals surface area contributed by atoms with Gasteiger partial charge in [0.05, 0.1) is 34.4 Å². The van der Waals surface area contributed by atoms with Crippen LogP contribution in [-0.4, -0.2) is 80.6 Å². The first-order valence-electron chi connectivity index (χ1n) is 22.7. The van der Waals surface area contributed by atoms with Gasteiger partial charge < -0.3 is 23.8 Å². The number of carbonyl (C=O) groups excluding carboxylic acids is 2. The molecule has 2 atom stereocenters. The number of carboxylic acid groups (broad SMARTS) is 1. The average Bonchev–Trinajstić information content (AvgIpc) is 3.15. The number of ether oxygens (including phenoxy) is 3. The predicted molar refractivity (Wildman–Crippen MR) is 234 cm³/mol. The Kier molecular flexibility index (Phi) is 37.2. The number of carbonyl (C=O) groups is 3. The van der Waals surface area contributed by atoms with Crippen molar-refractivity contribution in [2.45, 2.75) is 199 Å². The summed E-state index contributed by atoms with van der Waals surface area (Å²) in [6, 6.07) is -0.619. The van der Waals surface area contributed by atoms with E-state index >= 15 is 0 Å². The van der Waals surface area contributed by atoms with Crippen LogP contribution in [0.1, 0.15) is 187 Å². The number of likely N-dealkylation sites (N-methyl/N-ethyl adjacent to an activating group) is 1. The van der Waals surface area contributed by atoms with E-state index in [9.17, 15) is 19.5 Å². The first-order valence-corrected chi connectivity index (χ1v) is 22.7. The largest absolute Gasteiger partial charge is 0.477 e. The maximum atomic E-state index is 12.7. The summed E-state index contributed by atoms with van der Waals surface area (Å²) in [7, 11) is 5.52. The number of hydrogen-bond donors (Lipinski definition) is 1. The van der Waals surface area contributed by atoms with E-state index in [4.69, 9.17) is 14.2 Å². The normalized spacial score (nSPS) is 13.4. The molecule has 56 heavy (non-hydrogen) atoms. The molecule has 0 aromatic carbocycles. The Morgan fingerprint density at radius 3 is 1.52 bits per heavy atom. The third kappa shape index (κ3) is 36.9. The lowest BCUT2D eigenvalue weighted by atomic mass is 10.1. The summed E-state index contributed by atoms with van der Waals surface area (Å²) in [6.45, 7) is 4.58. The zero-order valence-corrected chi connectivity index (χ0v) is 36.8. The molecule has 324 valence electrons. The van der Waals surface area contributed by atoms with Gasteiger partial charge in [-0.15, -0.1) is 0 Å². The zero-order valence-electron chi connectivity index (χ0n) is 36.8. The third-order valence-electron chi connectivity index (χ3n) is 10.0. The molecule has 0 saturated heterocycles. The van der Waals surface area contributed by atoms with E-state index in [2.05, 4.69) is 56.4 Å². The molecule has 8 nitrogen and oxygen atoms in total. The van der Waals surface area contributed by atoms with Gasteiger partial charge in [-0.05, 0) is 57.8 Å². The first-order chi connectivity index (χ1) is 27.1. The van der Waals surface area contributed by atoms with E-state index in [1.54, 1.807) is 0 Å². The quantitative estimate of drug-likeness (QED) is 0.0217. The van der Waals surface area contributed by atoms with Crippen LogP contribution < -0.4 is 0 Å². The van der Waals surface area contributed by atoms with Gasteiger partial charge in [0.2, 0.25) is 0 Å². The maximum absolute atomic E-state index is 12.7. The molecule has 0 aliphatic rings. The highest BCUT2D eigenvalue weighted by Crippen LogP contribution is 2.14. The fourth-order valence-corrected chi connectivity index (χ4v) is 6.50. The molecule has 0 bridgehead atoms. The van der Waals surface area contributed by atoms with Crippen molar-refractivity contribution in [1.29, 1.82) is 0 Å². The van der Waals surface area contributed by atoms with Crippen molar-refractivity contribution < 1.29 is 38.2 Å². The van der Waals surface area contributed by atoms with Crippen molar-refractivity contribution in [3.8, 4) is 0 Å². The molecule has 0 fully saturated rings. The lowest BCUT2D eigenvalue weighted by Crippen LogP contribution is -2.50. The number of nitrogens with zero attached hydrogens (tertiary/aromatic N) is 1. The summed E-state index contributed by atoms with van der Waals surface area (Å²) >= 11 is 0. The van der Waals surface area contributed by atoms with Gasteiger partial charge in [0, 0.05) is 19.3 Å². The third-order valence-corrected chi connectivity index (χ3v) is 10.0. The highest BCUT2D eigenvalue weighted by molar-refractivity contribution is 5.72. The molecular weight excluding hydrogens is 703 g/mol. The summed E-state index contributed by atoms with van der Waals surface area (Å²) in [5.74, 6) is -1.50. The molecule has 1 N–H and O–H groups in total. The van der Waals surface area contributed by atoms with Gasteiger partial charge in [-0.25, -0.2) is 4.79 Å². The van der Waals surface area contributed by atoms with Gasteiger partial charge in [0.25, 0.3) is 0 Å². The van der Waals surface area contributed by atoms with Crippen molar-refractivity contribution in [3.63, 3.8) is 0 Å². The van der Waals surface area contributed by atoms with Crippen molar-refractivity contribution >= 4 is 17.9 Å². The van der Waals surface area contributed by atoms with Gasteiger partial charge in [-0.3, -0.25) is 9.59 Å². The summed E-state index contributed by atoms with van der Waals surface area (Å²) in [4.78, 5) is 37.0. The van der Waals surface area contributed by atoms with Crippen molar-refractivity contribution in [3.05, 3.63) is 48.6 Å². The minimum atomic E-state index is -0.880. The average molecular weight is 789 g/mol. The second kappa shape index (κ2) is 39.1. The molecule has 0 amide bonds. The number of allylic oxidation sites excluding steroid dienone is 8. The number of unbranched alkanes of at least 4 members (excludes halogenated alkanes) is 20. The van der Waals surface area contributed by atoms with Crippen LogP contribution >= 0.6 is 0 Å². The molecule has 0 radical (unpaired) electrons. The minimum absolute atomic E-state index is 0.0521. The Hall–Kier alpha value is -2.71. The minimum Gasteiger partial charge on any atom is -0.477 e. The van der Waals surface area contributed by atoms with Crippen molar-refractivity contribution in [2.24, 2.45) is 0 Å². The molecule has 0 aliphatic carbocycles. The number of carboxylic acids is 1. The highest BCUT2D eigenvalue weighted by Gasteiger charge is 2.31. The number of hydrogen-bond acceptors (Lipinski definition) is 6. The van der Waals surface area contributed by atoms with E-state index in [0.29, 0.717) is 19.3 Å². The predicted octanol–water partition coefficient (Wildman–Crippen LogP) is 12.4. The number of esters is 2. The highest BCUT2D eigenvalue weighted by atomic mass is 16.6. The fraction of sp³-hybridized carbons (Fsp3) is 0.771. The lowest BCUT2D eigenvalue weighted by Gasteiger charge is -2.31. The van der Waals surface area contributed by atoms with E-state index in [0.717, 1.165) is 64.2 Å². The second-order valence-electron chi connectivity index (χ2n) is 16.3. The van der Waals surface area contributed by atoms with Crippen LogP contribution in [0.3, 0.4) is 0 Å². The van der Waals surface area contributed by atoms with Crippen LogP contribution in [0.4, 0.5) is 0 Å². The molecule has 2 unspecified atom stereocenters. The van der Waals surface area contributed by atoms with Crippen LogP contribution in [0.2, 0.25) is 0 Å². The number of rotatable bonds is 40. The van der Waals surface area contributed by atoms with E-state index < -0.39 is 18.1 Å². The topological polar surface area (TPSA) is 99.1 Å².